The van der Waals surface area contributed by atoms with Gasteiger partial charge in [-0.1, -0.05) is 6.08 Å². The summed E-state index contributed by atoms with van der Waals surface area (Å²) in [5, 5.41) is 0. The summed E-state index contributed by atoms with van der Waals surface area (Å²) in [6, 6.07) is 0. The molecule has 0 fully saturated rings. The molecular formula is C16H15N5. The van der Waals surface area contributed by atoms with Crippen molar-refractivity contribution in [3.63, 3.8) is 0 Å². The molecule has 1 aliphatic rings. The van der Waals surface area contributed by atoms with Crippen LogP contribution in [0.15, 0.2) is 37.2 Å². The van der Waals surface area contributed by atoms with E-state index in [1.807, 2.05) is 23.7 Å². The zero-order chi connectivity index (χ0) is 14.2. The Morgan fingerprint density at radius 1 is 1.14 bits per heavy atom. The van der Waals surface area contributed by atoms with Gasteiger partial charge in [-0.3, -0.25) is 4.40 Å². The zero-order valence-electron chi connectivity index (χ0n) is 11.8. The van der Waals surface area contributed by atoms with Gasteiger partial charge in [0.05, 0.1) is 5.69 Å². The van der Waals surface area contributed by atoms with Crippen LogP contribution in [0.4, 0.5) is 0 Å². The molecule has 5 nitrogen and oxygen atoms in total. The second-order valence-corrected chi connectivity index (χ2v) is 5.27. The third-order valence-electron chi connectivity index (χ3n) is 3.91. The molecule has 3 aromatic rings. The van der Waals surface area contributed by atoms with Crippen molar-refractivity contribution in [2.24, 2.45) is 0 Å². The fraction of sp³-hybridized carbons (Fsp3) is 0.250. The first-order valence-electron chi connectivity index (χ1n) is 7.13. The van der Waals surface area contributed by atoms with Crippen LogP contribution in [0.2, 0.25) is 0 Å². The minimum absolute atomic E-state index is 0.717. The Hall–Kier alpha value is -2.56. The van der Waals surface area contributed by atoms with Gasteiger partial charge in [0.25, 0.3) is 0 Å². The molecule has 1 aliphatic carbocycles. The third kappa shape index (κ3) is 2.01. The van der Waals surface area contributed by atoms with E-state index in [0.29, 0.717) is 5.78 Å². The normalized spacial score (nSPS) is 14.6. The molecule has 3 aromatic heterocycles. The molecule has 0 radical (unpaired) electrons. The van der Waals surface area contributed by atoms with Crippen molar-refractivity contribution < 1.29 is 0 Å². The van der Waals surface area contributed by atoms with Crippen LogP contribution in [-0.4, -0.2) is 24.3 Å². The molecule has 0 unspecified atom stereocenters. The van der Waals surface area contributed by atoms with Gasteiger partial charge in [0.2, 0.25) is 5.78 Å². The molecule has 0 saturated heterocycles. The molecule has 104 valence electrons. The number of hydrogen-bond acceptors (Lipinski definition) is 4. The molecule has 0 saturated carbocycles. The van der Waals surface area contributed by atoms with Gasteiger partial charge in [0.1, 0.15) is 6.33 Å². The van der Waals surface area contributed by atoms with Crippen molar-refractivity contribution in [3.05, 3.63) is 59.7 Å². The minimum atomic E-state index is 0.717. The summed E-state index contributed by atoms with van der Waals surface area (Å²) in [6.45, 7) is 2.04. The fourth-order valence-electron chi connectivity index (χ4n) is 2.90. The van der Waals surface area contributed by atoms with E-state index in [2.05, 4.69) is 32.2 Å². The second-order valence-electron chi connectivity index (χ2n) is 5.27. The van der Waals surface area contributed by atoms with Crippen molar-refractivity contribution in [1.29, 1.82) is 0 Å². The average molecular weight is 277 g/mol. The number of rotatable bonds is 1. The lowest BCUT2D eigenvalue weighted by Gasteiger charge is -2.12. The van der Waals surface area contributed by atoms with Crippen LogP contribution in [0.5, 0.6) is 0 Å². The lowest BCUT2D eigenvalue weighted by Crippen LogP contribution is -2.03. The maximum absolute atomic E-state index is 4.48. The van der Waals surface area contributed by atoms with Crippen molar-refractivity contribution >= 4 is 11.4 Å². The molecule has 0 spiro atoms. The molecule has 5 heteroatoms. The van der Waals surface area contributed by atoms with E-state index >= 15 is 0 Å². The standard InChI is InChI=1S/C16H15N5/c1-11-15-13(4-2-3-5-14(15)20-10-19-11)12-8-18-16-17-6-7-21(16)9-12/h4,6-10H,2-3,5H2,1H3. The highest BCUT2D eigenvalue weighted by Gasteiger charge is 2.17. The predicted octanol–water partition coefficient (Wildman–Crippen LogP) is 2.60. The Bertz CT molecular complexity index is 847. The largest absolute Gasteiger partial charge is 0.291 e. The Balaban J connectivity index is 1.93. The molecule has 0 atom stereocenters. The lowest BCUT2D eigenvalue weighted by molar-refractivity contribution is 0.817. The Morgan fingerprint density at radius 2 is 2.10 bits per heavy atom. The first kappa shape index (κ1) is 12.2. The molecule has 0 bridgehead atoms. The topological polar surface area (TPSA) is 56.0 Å². The van der Waals surface area contributed by atoms with Crippen molar-refractivity contribution in [1.82, 2.24) is 24.3 Å². The monoisotopic (exact) mass is 277 g/mol. The molecular weight excluding hydrogens is 262 g/mol. The summed E-state index contributed by atoms with van der Waals surface area (Å²) < 4.78 is 1.94. The summed E-state index contributed by atoms with van der Waals surface area (Å²) >= 11 is 0. The van der Waals surface area contributed by atoms with E-state index in [4.69, 9.17) is 0 Å². The van der Waals surface area contributed by atoms with Crippen LogP contribution in [0.25, 0.3) is 11.4 Å². The Labute approximate surface area is 122 Å². The van der Waals surface area contributed by atoms with Crippen LogP contribution < -0.4 is 0 Å². The van der Waals surface area contributed by atoms with Gasteiger partial charge < -0.3 is 0 Å². The number of aromatic nitrogens is 5. The van der Waals surface area contributed by atoms with Gasteiger partial charge in [0, 0.05) is 41.6 Å². The van der Waals surface area contributed by atoms with Crippen LogP contribution in [0.1, 0.15) is 35.4 Å². The first-order chi connectivity index (χ1) is 10.3. The van der Waals surface area contributed by atoms with E-state index in [9.17, 15) is 0 Å². The van der Waals surface area contributed by atoms with E-state index in [1.165, 1.54) is 5.57 Å². The van der Waals surface area contributed by atoms with Crippen LogP contribution in [-0.2, 0) is 6.42 Å². The minimum Gasteiger partial charge on any atom is -0.291 e. The third-order valence-corrected chi connectivity index (χ3v) is 3.91. The number of hydrogen-bond donors (Lipinski definition) is 0. The highest BCUT2D eigenvalue weighted by Crippen LogP contribution is 2.31. The van der Waals surface area contributed by atoms with Gasteiger partial charge in [0.15, 0.2) is 0 Å². The van der Waals surface area contributed by atoms with Gasteiger partial charge in [-0.2, -0.15) is 0 Å². The quantitative estimate of drug-likeness (QED) is 0.686. The molecule has 3 heterocycles. The molecule has 0 amide bonds. The summed E-state index contributed by atoms with van der Waals surface area (Å²) in [4.78, 5) is 17.5. The van der Waals surface area contributed by atoms with Crippen LogP contribution in [0, 0.1) is 6.92 Å². The summed E-state index contributed by atoms with van der Waals surface area (Å²) in [7, 11) is 0. The van der Waals surface area contributed by atoms with Gasteiger partial charge in [-0.05, 0) is 31.8 Å². The summed E-state index contributed by atoms with van der Waals surface area (Å²) in [6.07, 6.45) is 14.7. The molecule has 4 rings (SSSR count). The van der Waals surface area contributed by atoms with E-state index in [-0.39, 0.29) is 0 Å². The number of nitrogens with zero attached hydrogens (tertiary/aromatic N) is 5. The molecule has 21 heavy (non-hydrogen) atoms. The maximum atomic E-state index is 4.48. The van der Waals surface area contributed by atoms with E-state index in [1.54, 1.807) is 12.5 Å². The SMILES string of the molecule is Cc1ncnc2c1C(c1cnc3nccn3c1)=CCCC2. The van der Waals surface area contributed by atoms with Crippen LogP contribution in [0.3, 0.4) is 0 Å². The lowest BCUT2D eigenvalue weighted by atomic mass is 9.97. The second kappa shape index (κ2) is 4.77. The Morgan fingerprint density at radius 3 is 3.05 bits per heavy atom. The average Bonchev–Trinajstić information content (AvgIpc) is 2.85. The van der Waals surface area contributed by atoms with Gasteiger partial charge >= 0.3 is 0 Å². The Kier molecular flexibility index (Phi) is 2.77. The number of imidazole rings is 1. The van der Waals surface area contributed by atoms with Gasteiger partial charge in [-0.25, -0.2) is 19.9 Å². The van der Waals surface area contributed by atoms with Gasteiger partial charge in [-0.15, -0.1) is 0 Å². The summed E-state index contributed by atoms with van der Waals surface area (Å²) in [5.74, 6) is 0.717. The number of aryl methyl sites for hydroxylation is 2. The number of fused-ring (bicyclic) bond motifs is 2. The van der Waals surface area contributed by atoms with E-state index in [0.717, 1.165) is 41.8 Å². The zero-order valence-corrected chi connectivity index (χ0v) is 11.8. The summed E-state index contributed by atoms with van der Waals surface area (Å²) in [5.41, 5.74) is 5.59. The highest BCUT2D eigenvalue weighted by molar-refractivity contribution is 5.81. The van der Waals surface area contributed by atoms with E-state index < -0.39 is 0 Å². The van der Waals surface area contributed by atoms with Crippen molar-refractivity contribution in [3.8, 4) is 0 Å². The maximum Gasteiger partial charge on any atom is 0.233 e. The fourth-order valence-corrected chi connectivity index (χ4v) is 2.90. The molecule has 0 aliphatic heterocycles. The van der Waals surface area contributed by atoms with Crippen molar-refractivity contribution in [2.45, 2.75) is 26.2 Å². The molecule has 0 N–H and O–H groups in total. The first-order valence-corrected chi connectivity index (χ1v) is 7.13. The number of allylic oxidation sites excluding steroid dienone is 1. The van der Waals surface area contributed by atoms with Crippen LogP contribution >= 0.6 is 0 Å². The predicted molar refractivity (Wildman–Crippen MR) is 79.8 cm³/mol. The smallest absolute Gasteiger partial charge is 0.233 e. The molecule has 0 aromatic carbocycles. The van der Waals surface area contributed by atoms with Crippen molar-refractivity contribution in [2.75, 3.05) is 0 Å². The highest BCUT2D eigenvalue weighted by atomic mass is 15.1.